The van der Waals surface area contributed by atoms with Gasteiger partial charge in [0, 0.05) is 16.5 Å². The number of aliphatic hydroxyl groups excluding tert-OH is 2. The SMILES string of the molecule is CN(C)[C@@H]1C(O)=C(C(N)=O)C(=O)[C@@]2(O)C(O)C3(Br)C(=O)c4c(O)c([N+](=O)[O-])cc(Br)c4C[C@H]3C[C@@H]12. The number of benzene rings is 1. The van der Waals surface area contributed by atoms with E-state index in [1.54, 1.807) is 0 Å². The van der Waals surface area contributed by atoms with Crippen molar-refractivity contribution in [2.45, 2.75) is 34.9 Å². The Bertz CT molecular complexity index is 1250. The minimum atomic E-state index is -2.73. The molecule has 35 heavy (non-hydrogen) atoms. The van der Waals surface area contributed by atoms with E-state index in [1.165, 1.54) is 19.0 Å². The van der Waals surface area contributed by atoms with E-state index in [0.29, 0.717) is 0 Å². The first kappa shape index (κ1) is 25.7. The summed E-state index contributed by atoms with van der Waals surface area (Å²) < 4.78 is -1.86. The number of rotatable bonds is 3. The molecule has 0 bridgehead atoms. The highest BCUT2D eigenvalue weighted by molar-refractivity contribution is 9.10. The molecule has 0 radical (unpaired) electrons. The largest absolute Gasteiger partial charge is 0.510 e. The normalized spacial score (nSPS) is 34.4. The van der Waals surface area contributed by atoms with Crippen LogP contribution < -0.4 is 5.73 Å². The number of phenols is 1. The smallest absolute Gasteiger partial charge is 0.312 e. The fourth-order valence-corrected chi connectivity index (χ4v) is 7.27. The Kier molecular flexibility index (Phi) is 5.92. The first-order valence-corrected chi connectivity index (χ1v) is 12.0. The molecule has 14 heteroatoms. The number of hydrogen-bond acceptors (Lipinski definition) is 10. The molecule has 1 amide bonds. The average molecular weight is 619 g/mol. The molecule has 1 fully saturated rings. The molecule has 0 spiro atoms. The summed E-state index contributed by atoms with van der Waals surface area (Å²) in [5.74, 6) is -7.11. The highest BCUT2D eigenvalue weighted by Crippen LogP contribution is 2.58. The Balaban J connectivity index is 1.96. The summed E-state index contributed by atoms with van der Waals surface area (Å²) in [5.41, 5.74) is 0.773. The van der Waals surface area contributed by atoms with E-state index >= 15 is 0 Å². The molecule has 0 saturated heterocycles. The number of hydrogen-bond donors (Lipinski definition) is 5. The van der Waals surface area contributed by atoms with Crippen molar-refractivity contribution in [2.75, 3.05) is 14.1 Å². The number of fused-ring (bicyclic) bond motifs is 3. The van der Waals surface area contributed by atoms with Crippen LogP contribution in [0.1, 0.15) is 22.3 Å². The lowest BCUT2D eigenvalue weighted by Crippen LogP contribution is -2.75. The number of aromatic hydroxyl groups is 1. The zero-order valence-electron chi connectivity index (χ0n) is 18.4. The van der Waals surface area contributed by atoms with Crippen molar-refractivity contribution in [1.29, 1.82) is 0 Å². The quantitative estimate of drug-likeness (QED) is 0.137. The summed E-state index contributed by atoms with van der Waals surface area (Å²) in [4.78, 5) is 51.1. The lowest BCUT2D eigenvalue weighted by Gasteiger charge is -2.58. The summed E-state index contributed by atoms with van der Waals surface area (Å²) in [6, 6.07) is -0.0317. The maximum atomic E-state index is 13.8. The number of aliphatic hydroxyl groups is 3. The van der Waals surface area contributed by atoms with Crippen molar-refractivity contribution in [3.05, 3.63) is 43.1 Å². The van der Waals surface area contributed by atoms with Crippen molar-refractivity contribution in [3.63, 3.8) is 0 Å². The van der Waals surface area contributed by atoms with Crippen LogP contribution in [0.2, 0.25) is 0 Å². The van der Waals surface area contributed by atoms with E-state index < -0.39 is 84.6 Å². The molecule has 6 N–H and O–H groups in total. The zero-order chi connectivity index (χ0) is 26.4. The number of nitrogens with two attached hydrogens (primary N) is 1. The summed E-state index contributed by atoms with van der Waals surface area (Å²) in [6.45, 7) is 0. The van der Waals surface area contributed by atoms with Crippen molar-refractivity contribution in [1.82, 2.24) is 4.90 Å². The van der Waals surface area contributed by atoms with Gasteiger partial charge in [-0.1, -0.05) is 31.9 Å². The Hall–Kier alpha value is -2.39. The highest BCUT2D eigenvalue weighted by atomic mass is 79.9. The molecule has 1 saturated carbocycles. The predicted molar refractivity (Wildman–Crippen MR) is 126 cm³/mol. The number of alkyl halides is 1. The van der Waals surface area contributed by atoms with Gasteiger partial charge in [0.05, 0.1) is 16.5 Å². The Morgan fingerprint density at radius 3 is 2.40 bits per heavy atom. The molecule has 6 atom stereocenters. The van der Waals surface area contributed by atoms with E-state index in [4.69, 9.17) is 5.73 Å². The van der Waals surface area contributed by atoms with Gasteiger partial charge in [-0.2, -0.15) is 0 Å². The molecular weight excluding hydrogens is 598 g/mol. The van der Waals surface area contributed by atoms with Gasteiger partial charge >= 0.3 is 5.69 Å². The molecule has 3 aliphatic rings. The number of nitrogens with zero attached hydrogens (tertiary/aromatic N) is 2. The van der Waals surface area contributed by atoms with Gasteiger partial charge < -0.3 is 26.2 Å². The van der Waals surface area contributed by atoms with Gasteiger partial charge in [0.25, 0.3) is 5.91 Å². The molecule has 0 aliphatic heterocycles. The number of amides is 1. The second-order valence-electron chi connectivity index (χ2n) is 9.27. The second-order valence-corrected chi connectivity index (χ2v) is 11.4. The van der Waals surface area contributed by atoms with E-state index in [9.17, 15) is 44.9 Å². The highest BCUT2D eigenvalue weighted by Gasteiger charge is 2.71. The molecule has 1 aromatic rings. The number of carbonyl (C=O) groups is 3. The standard InChI is InChI=1S/C21H21Br2N3O9/c1-25(2)13-8-4-6-3-7-9(22)5-10(26(34)35)14(27)11(7)16(29)20(6,23)19(32)21(8,33)17(30)12(15(13)28)18(24)31/h5-6,8,13,19,27-28,32-33H,3-4H2,1-2H3,(H2,24,31)/t6-,8-,13-,19?,20?,21+/m0/s1. The monoisotopic (exact) mass is 617 g/mol. The van der Waals surface area contributed by atoms with Crippen LogP contribution in [-0.2, 0) is 16.0 Å². The van der Waals surface area contributed by atoms with Gasteiger partial charge in [-0.15, -0.1) is 0 Å². The molecule has 4 rings (SSSR count). The third-order valence-electron chi connectivity index (χ3n) is 7.38. The number of nitro groups is 1. The number of ketones is 2. The molecule has 12 nitrogen and oxygen atoms in total. The van der Waals surface area contributed by atoms with Crippen LogP contribution >= 0.6 is 31.9 Å². The maximum absolute atomic E-state index is 13.8. The van der Waals surface area contributed by atoms with Crippen LogP contribution in [0.15, 0.2) is 21.9 Å². The van der Waals surface area contributed by atoms with Gasteiger partial charge in [-0.05, 0) is 38.4 Å². The van der Waals surface area contributed by atoms with E-state index in [0.717, 1.165) is 6.07 Å². The van der Waals surface area contributed by atoms with Gasteiger partial charge in [0.1, 0.15) is 21.8 Å². The van der Waals surface area contributed by atoms with Crippen LogP contribution in [0.5, 0.6) is 5.75 Å². The number of phenolic OH excluding ortho intramolecular Hbond substituents is 1. The van der Waals surface area contributed by atoms with E-state index in [-0.39, 0.29) is 22.9 Å². The maximum Gasteiger partial charge on any atom is 0.312 e. The zero-order valence-corrected chi connectivity index (χ0v) is 21.5. The van der Waals surface area contributed by atoms with Crippen molar-refractivity contribution < 1.29 is 39.7 Å². The molecular formula is C21H21Br2N3O9. The summed E-state index contributed by atoms with van der Waals surface area (Å²) in [5, 5.41) is 55.9. The predicted octanol–water partition coefficient (Wildman–Crippen LogP) is 0.474. The molecule has 0 heterocycles. The van der Waals surface area contributed by atoms with E-state index in [1.807, 2.05) is 0 Å². The number of likely N-dealkylation sites (N-methyl/N-ethyl adjacent to an activating group) is 1. The molecule has 188 valence electrons. The number of Topliss-reactive ketones (excluding diaryl/α,β-unsaturated/α-hetero) is 2. The Labute approximate surface area is 214 Å². The summed E-state index contributed by atoms with van der Waals surface area (Å²) >= 11 is 6.44. The average Bonchev–Trinajstić information content (AvgIpc) is 2.75. The van der Waals surface area contributed by atoms with Crippen LogP contribution in [-0.4, -0.2) is 83.9 Å². The van der Waals surface area contributed by atoms with Gasteiger partial charge in [-0.25, -0.2) is 0 Å². The molecule has 0 aromatic heterocycles. The fraction of sp³-hybridized carbons (Fsp3) is 0.476. The van der Waals surface area contributed by atoms with Crippen molar-refractivity contribution in [3.8, 4) is 5.75 Å². The minimum absolute atomic E-state index is 0.0175. The third kappa shape index (κ3) is 3.16. The van der Waals surface area contributed by atoms with Crippen molar-refractivity contribution in [2.24, 2.45) is 17.6 Å². The lowest BCUT2D eigenvalue weighted by atomic mass is 9.53. The van der Waals surface area contributed by atoms with Crippen LogP contribution in [0.3, 0.4) is 0 Å². The summed E-state index contributed by atoms with van der Waals surface area (Å²) in [6.07, 6.45) is -2.24. The van der Waals surface area contributed by atoms with Crippen LogP contribution in [0.4, 0.5) is 5.69 Å². The molecule has 2 unspecified atom stereocenters. The van der Waals surface area contributed by atoms with Crippen LogP contribution in [0.25, 0.3) is 0 Å². The van der Waals surface area contributed by atoms with Gasteiger partial charge in [0.15, 0.2) is 11.4 Å². The number of primary amides is 1. The first-order valence-electron chi connectivity index (χ1n) is 10.4. The first-order chi connectivity index (χ1) is 16.1. The minimum Gasteiger partial charge on any atom is -0.510 e. The number of carbonyl (C=O) groups excluding carboxylic acids is 3. The Morgan fingerprint density at radius 1 is 1.29 bits per heavy atom. The van der Waals surface area contributed by atoms with Crippen LogP contribution in [0, 0.1) is 22.0 Å². The van der Waals surface area contributed by atoms with Gasteiger partial charge in [-0.3, -0.25) is 29.4 Å². The number of halogens is 2. The molecule has 3 aliphatic carbocycles. The third-order valence-corrected chi connectivity index (χ3v) is 9.53. The second kappa shape index (κ2) is 8.06. The summed E-state index contributed by atoms with van der Waals surface area (Å²) in [7, 11) is 3.07. The Morgan fingerprint density at radius 2 is 1.89 bits per heavy atom. The molecule has 1 aromatic carbocycles. The van der Waals surface area contributed by atoms with Gasteiger partial charge in [0.2, 0.25) is 11.5 Å². The fourth-order valence-electron chi connectivity index (χ4n) is 5.79. The lowest BCUT2D eigenvalue weighted by molar-refractivity contribution is -0.386. The number of nitro benzene ring substituents is 1. The topological polar surface area (TPSA) is 205 Å². The van der Waals surface area contributed by atoms with E-state index in [2.05, 4.69) is 31.9 Å². The van der Waals surface area contributed by atoms with Crippen molar-refractivity contribution >= 4 is 55.0 Å².